The van der Waals surface area contributed by atoms with E-state index in [0.717, 1.165) is 32.3 Å². The minimum atomic E-state index is -0.453. The largest absolute Gasteiger partial charge is 0.390 e. The number of piperidine rings is 2. The first-order valence-electron chi connectivity index (χ1n) is 7.27. The molecule has 18 heavy (non-hydrogen) atoms. The third kappa shape index (κ3) is 4.19. The Morgan fingerprint density at radius 1 is 1.17 bits per heavy atom. The summed E-state index contributed by atoms with van der Waals surface area (Å²) in [6.07, 6.45) is 7.42. The van der Waals surface area contributed by atoms with Crippen LogP contribution < -0.4 is 5.32 Å². The average Bonchev–Trinajstić information content (AvgIpc) is 2.33. The molecule has 2 unspecified atom stereocenters. The molecule has 2 heterocycles. The van der Waals surface area contributed by atoms with E-state index in [1.54, 1.807) is 7.11 Å². The van der Waals surface area contributed by atoms with Crippen LogP contribution in [0.1, 0.15) is 44.9 Å². The minimum Gasteiger partial charge on any atom is -0.390 e. The van der Waals surface area contributed by atoms with Gasteiger partial charge in [0, 0.05) is 25.8 Å². The Labute approximate surface area is 110 Å². The first-order chi connectivity index (χ1) is 8.72. The summed E-state index contributed by atoms with van der Waals surface area (Å²) in [5.41, 5.74) is -0.453. The molecule has 0 spiro atoms. The lowest BCUT2D eigenvalue weighted by molar-refractivity contribution is -0.0438. The fourth-order valence-corrected chi connectivity index (χ4v) is 3.39. The average molecular weight is 257 g/mol. The van der Waals surface area contributed by atoms with Gasteiger partial charge >= 0.3 is 0 Å². The van der Waals surface area contributed by atoms with Crippen LogP contribution >= 0.6 is 0 Å². The standard InChI is InChI=1S/C14H27NO3/c1-17-8-9-18-7-3-6-14(16)10-12-4-2-5-13(11-14)15-12/h12-13,15-16H,2-11H2,1H3. The number of rotatable bonds is 7. The molecule has 2 saturated heterocycles. The van der Waals surface area contributed by atoms with E-state index in [4.69, 9.17) is 9.47 Å². The minimum absolute atomic E-state index is 0.453. The van der Waals surface area contributed by atoms with E-state index in [2.05, 4.69) is 5.32 Å². The van der Waals surface area contributed by atoms with E-state index in [9.17, 15) is 5.11 Å². The van der Waals surface area contributed by atoms with Gasteiger partial charge in [-0.25, -0.2) is 0 Å². The van der Waals surface area contributed by atoms with Gasteiger partial charge in [-0.1, -0.05) is 6.42 Å². The van der Waals surface area contributed by atoms with Gasteiger partial charge in [0.25, 0.3) is 0 Å². The molecular formula is C14H27NO3. The monoisotopic (exact) mass is 257 g/mol. The zero-order chi connectivity index (χ0) is 12.8. The second-order valence-corrected chi connectivity index (χ2v) is 5.83. The molecule has 4 nitrogen and oxygen atoms in total. The third-order valence-corrected chi connectivity index (χ3v) is 4.19. The zero-order valence-electron chi connectivity index (χ0n) is 11.5. The van der Waals surface area contributed by atoms with E-state index in [-0.39, 0.29) is 0 Å². The van der Waals surface area contributed by atoms with E-state index >= 15 is 0 Å². The SMILES string of the molecule is COCCOCCCC1(O)CC2CCCC(C1)N2. The highest BCUT2D eigenvalue weighted by Crippen LogP contribution is 2.35. The molecule has 2 fully saturated rings. The first-order valence-corrected chi connectivity index (χ1v) is 7.27. The van der Waals surface area contributed by atoms with Crippen molar-refractivity contribution in [1.82, 2.24) is 5.32 Å². The van der Waals surface area contributed by atoms with E-state index in [1.807, 2.05) is 0 Å². The molecule has 106 valence electrons. The van der Waals surface area contributed by atoms with Gasteiger partial charge in [0.2, 0.25) is 0 Å². The van der Waals surface area contributed by atoms with Crippen LogP contribution in [0.25, 0.3) is 0 Å². The molecule has 2 aliphatic rings. The highest BCUT2D eigenvalue weighted by molar-refractivity contribution is 4.97. The molecule has 0 aromatic carbocycles. The predicted molar refractivity (Wildman–Crippen MR) is 70.7 cm³/mol. The topological polar surface area (TPSA) is 50.7 Å². The first kappa shape index (κ1) is 14.3. The van der Waals surface area contributed by atoms with Gasteiger partial charge in [-0.2, -0.15) is 0 Å². The summed E-state index contributed by atoms with van der Waals surface area (Å²) in [4.78, 5) is 0. The number of aliphatic hydroxyl groups is 1. The fourth-order valence-electron chi connectivity index (χ4n) is 3.39. The van der Waals surface area contributed by atoms with Gasteiger partial charge in [0.1, 0.15) is 0 Å². The van der Waals surface area contributed by atoms with Crippen LogP contribution in [-0.2, 0) is 9.47 Å². The Hall–Kier alpha value is -0.160. The molecular weight excluding hydrogens is 230 g/mol. The summed E-state index contributed by atoms with van der Waals surface area (Å²) in [6, 6.07) is 1.08. The molecule has 0 amide bonds. The highest BCUT2D eigenvalue weighted by Gasteiger charge is 2.39. The van der Waals surface area contributed by atoms with Crippen molar-refractivity contribution >= 4 is 0 Å². The van der Waals surface area contributed by atoms with Crippen molar-refractivity contribution in [1.29, 1.82) is 0 Å². The molecule has 2 rings (SSSR count). The molecule has 0 aromatic rings. The van der Waals surface area contributed by atoms with Crippen LogP contribution in [0.5, 0.6) is 0 Å². The van der Waals surface area contributed by atoms with Crippen molar-refractivity contribution in [2.75, 3.05) is 26.9 Å². The summed E-state index contributed by atoms with van der Waals surface area (Å²) >= 11 is 0. The lowest BCUT2D eigenvalue weighted by Crippen LogP contribution is -2.55. The molecule has 2 aliphatic heterocycles. The van der Waals surface area contributed by atoms with Crippen LogP contribution in [0, 0.1) is 0 Å². The van der Waals surface area contributed by atoms with Crippen LogP contribution in [-0.4, -0.2) is 49.7 Å². The number of hydrogen-bond donors (Lipinski definition) is 2. The van der Waals surface area contributed by atoms with E-state index in [0.29, 0.717) is 25.3 Å². The van der Waals surface area contributed by atoms with Crippen LogP contribution in [0.3, 0.4) is 0 Å². The molecule has 2 atom stereocenters. The number of ether oxygens (including phenoxy) is 2. The predicted octanol–water partition coefficient (Wildman–Crippen LogP) is 1.47. The number of hydrogen-bond acceptors (Lipinski definition) is 4. The molecule has 2 bridgehead atoms. The van der Waals surface area contributed by atoms with Crippen molar-refractivity contribution in [3.8, 4) is 0 Å². The summed E-state index contributed by atoms with van der Waals surface area (Å²) < 4.78 is 10.4. The molecule has 0 aliphatic carbocycles. The normalized spacial score (nSPS) is 35.7. The fraction of sp³-hybridized carbons (Fsp3) is 1.00. The summed E-state index contributed by atoms with van der Waals surface area (Å²) in [5, 5.41) is 14.3. The maximum absolute atomic E-state index is 10.7. The van der Waals surface area contributed by atoms with Gasteiger partial charge in [-0.05, 0) is 38.5 Å². The summed E-state index contributed by atoms with van der Waals surface area (Å²) in [5.74, 6) is 0. The quantitative estimate of drug-likeness (QED) is 0.678. The van der Waals surface area contributed by atoms with Crippen LogP contribution in [0.2, 0.25) is 0 Å². The smallest absolute Gasteiger partial charge is 0.0700 e. The number of methoxy groups -OCH3 is 1. The Morgan fingerprint density at radius 2 is 1.89 bits per heavy atom. The van der Waals surface area contributed by atoms with Crippen molar-refractivity contribution in [2.24, 2.45) is 0 Å². The molecule has 0 saturated carbocycles. The zero-order valence-corrected chi connectivity index (χ0v) is 11.5. The maximum Gasteiger partial charge on any atom is 0.0700 e. The van der Waals surface area contributed by atoms with Crippen molar-refractivity contribution < 1.29 is 14.6 Å². The van der Waals surface area contributed by atoms with Crippen LogP contribution in [0.15, 0.2) is 0 Å². The van der Waals surface area contributed by atoms with Gasteiger partial charge < -0.3 is 19.9 Å². The maximum atomic E-state index is 10.7. The van der Waals surface area contributed by atoms with E-state index < -0.39 is 5.60 Å². The van der Waals surface area contributed by atoms with Gasteiger partial charge in [0.15, 0.2) is 0 Å². The Balaban J connectivity index is 1.65. The number of fused-ring (bicyclic) bond motifs is 2. The molecule has 4 heteroatoms. The molecule has 0 aromatic heterocycles. The van der Waals surface area contributed by atoms with Crippen molar-refractivity contribution in [3.05, 3.63) is 0 Å². The van der Waals surface area contributed by atoms with Gasteiger partial charge in [-0.3, -0.25) is 0 Å². The lowest BCUT2D eigenvalue weighted by Gasteiger charge is -2.45. The lowest BCUT2D eigenvalue weighted by atomic mass is 9.75. The van der Waals surface area contributed by atoms with Gasteiger partial charge in [-0.15, -0.1) is 0 Å². The second-order valence-electron chi connectivity index (χ2n) is 5.83. The molecule has 0 radical (unpaired) electrons. The van der Waals surface area contributed by atoms with Crippen molar-refractivity contribution in [2.45, 2.75) is 62.6 Å². The summed E-state index contributed by atoms with van der Waals surface area (Å²) in [7, 11) is 1.68. The van der Waals surface area contributed by atoms with Crippen molar-refractivity contribution in [3.63, 3.8) is 0 Å². The number of nitrogens with one attached hydrogen (secondary N) is 1. The highest BCUT2D eigenvalue weighted by atomic mass is 16.5. The Kier molecular flexibility index (Phi) is 5.42. The third-order valence-electron chi connectivity index (χ3n) is 4.19. The second kappa shape index (κ2) is 6.85. The molecule has 2 N–H and O–H groups in total. The summed E-state index contributed by atoms with van der Waals surface area (Å²) in [6.45, 7) is 2.04. The van der Waals surface area contributed by atoms with Crippen LogP contribution in [0.4, 0.5) is 0 Å². The Morgan fingerprint density at radius 3 is 2.56 bits per heavy atom. The van der Waals surface area contributed by atoms with E-state index in [1.165, 1.54) is 19.3 Å². The Bertz CT molecular complexity index is 235. The van der Waals surface area contributed by atoms with Gasteiger partial charge in [0.05, 0.1) is 18.8 Å².